The Kier molecular flexibility index (Phi) is 6.40. The van der Waals surface area contributed by atoms with E-state index in [9.17, 15) is 9.59 Å². The van der Waals surface area contributed by atoms with E-state index in [2.05, 4.69) is 0 Å². The van der Waals surface area contributed by atoms with Gasteiger partial charge in [-0.1, -0.05) is 0 Å². The summed E-state index contributed by atoms with van der Waals surface area (Å²) >= 11 is 0. The van der Waals surface area contributed by atoms with Crippen molar-refractivity contribution in [2.24, 2.45) is 5.41 Å². The maximum Gasteiger partial charge on any atom is 0.312 e. The van der Waals surface area contributed by atoms with E-state index in [-0.39, 0.29) is 73.8 Å². The Morgan fingerprint density at radius 2 is 1.17 bits per heavy atom. The third-order valence-corrected chi connectivity index (χ3v) is 6.79. The molecule has 0 saturated carbocycles. The Morgan fingerprint density at radius 3 is 1.60 bits per heavy atom. The number of hydrogen-bond donors (Lipinski definition) is 0. The zero-order chi connectivity index (χ0) is 21.5. The SMILES string of the molecule is CC1OC1COC(=O)CCCC(CC1OC1C)(CC1OC1C)C(=O)OCC1OC1C. The lowest BCUT2D eigenvalue weighted by Crippen LogP contribution is -2.37. The Bertz CT molecular complexity index is 633. The molecule has 8 nitrogen and oxygen atoms in total. The van der Waals surface area contributed by atoms with Crippen molar-refractivity contribution in [3.63, 3.8) is 0 Å². The van der Waals surface area contributed by atoms with Gasteiger partial charge in [-0.2, -0.15) is 0 Å². The largest absolute Gasteiger partial charge is 0.463 e. The van der Waals surface area contributed by atoms with Gasteiger partial charge in [-0.15, -0.1) is 0 Å². The summed E-state index contributed by atoms with van der Waals surface area (Å²) in [5.74, 6) is -0.489. The second-order valence-corrected chi connectivity index (χ2v) is 9.34. The highest BCUT2D eigenvalue weighted by atomic mass is 16.6. The van der Waals surface area contributed by atoms with Gasteiger partial charge in [0.2, 0.25) is 0 Å². The summed E-state index contributed by atoms with van der Waals surface area (Å²) < 4.78 is 32.9. The molecule has 0 radical (unpaired) electrons. The number of carbonyl (C=O) groups excluding carboxylic acids is 2. The van der Waals surface area contributed by atoms with E-state index in [1.54, 1.807) is 0 Å². The summed E-state index contributed by atoms with van der Waals surface area (Å²) in [5.41, 5.74) is -0.725. The molecular formula is C22H34O8. The maximum absolute atomic E-state index is 13.3. The monoisotopic (exact) mass is 426 g/mol. The van der Waals surface area contributed by atoms with Gasteiger partial charge in [0.05, 0.1) is 42.0 Å². The van der Waals surface area contributed by atoms with Crippen molar-refractivity contribution in [2.45, 2.75) is 109 Å². The highest BCUT2D eigenvalue weighted by molar-refractivity contribution is 5.77. The Hall–Kier alpha value is -1.22. The fourth-order valence-corrected chi connectivity index (χ4v) is 4.15. The molecule has 4 aliphatic rings. The van der Waals surface area contributed by atoms with E-state index < -0.39 is 5.41 Å². The van der Waals surface area contributed by atoms with Crippen molar-refractivity contribution >= 4 is 11.9 Å². The van der Waals surface area contributed by atoms with Crippen LogP contribution in [-0.4, -0.2) is 74.0 Å². The van der Waals surface area contributed by atoms with Crippen LogP contribution in [0.15, 0.2) is 0 Å². The number of hydrogen-bond acceptors (Lipinski definition) is 8. The molecule has 170 valence electrons. The number of carbonyl (C=O) groups is 2. The van der Waals surface area contributed by atoms with Crippen LogP contribution in [0.5, 0.6) is 0 Å². The van der Waals surface area contributed by atoms with Crippen molar-refractivity contribution in [1.29, 1.82) is 0 Å². The van der Waals surface area contributed by atoms with Crippen molar-refractivity contribution < 1.29 is 38.0 Å². The molecule has 0 aromatic rings. The normalized spacial score (nSPS) is 40.3. The van der Waals surface area contributed by atoms with Crippen LogP contribution in [0.4, 0.5) is 0 Å². The van der Waals surface area contributed by atoms with Crippen LogP contribution >= 0.6 is 0 Å². The molecule has 0 spiro atoms. The van der Waals surface area contributed by atoms with E-state index in [0.717, 1.165) is 0 Å². The van der Waals surface area contributed by atoms with Crippen molar-refractivity contribution in [2.75, 3.05) is 13.2 Å². The van der Waals surface area contributed by atoms with E-state index in [0.29, 0.717) is 32.3 Å². The molecule has 0 aliphatic carbocycles. The molecule has 0 aromatic carbocycles. The number of esters is 2. The van der Waals surface area contributed by atoms with Crippen LogP contribution in [0, 0.1) is 5.41 Å². The Balaban J connectivity index is 1.34. The molecule has 4 saturated heterocycles. The van der Waals surface area contributed by atoms with Crippen LogP contribution in [-0.2, 0) is 38.0 Å². The summed E-state index contributed by atoms with van der Waals surface area (Å²) in [6, 6.07) is 0. The molecule has 4 aliphatic heterocycles. The minimum atomic E-state index is -0.725. The van der Waals surface area contributed by atoms with Gasteiger partial charge in [-0.05, 0) is 53.4 Å². The molecule has 8 unspecified atom stereocenters. The lowest BCUT2D eigenvalue weighted by Gasteiger charge is -2.31. The molecule has 8 heteroatoms. The molecule has 4 heterocycles. The van der Waals surface area contributed by atoms with Gasteiger partial charge in [-0.25, -0.2) is 0 Å². The predicted molar refractivity (Wildman–Crippen MR) is 105 cm³/mol. The second-order valence-electron chi connectivity index (χ2n) is 9.34. The number of ether oxygens (including phenoxy) is 6. The quantitative estimate of drug-likeness (QED) is 0.326. The smallest absolute Gasteiger partial charge is 0.312 e. The highest BCUT2D eigenvalue weighted by Crippen LogP contribution is 2.46. The molecule has 30 heavy (non-hydrogen) atoms. The third-order valence-electron chi connectivity index (χ3n) is 6.79. The minimum absolute atomic E-state index is 0.0131. The summed E-state index contributed by atoms with van der Waals surface area (Å²) in [5, 5.41) is 0. The topological polar surface area (TPSA) is 103 Å². The van der Waals surface area contributed by atoms with Crippen LogP contribution in [0.1, 0.15) is 59.8 Å². The van der Waals surface area contributed by atoms with Crippen molar-refractivity contribution in [3.8, 4) is 0 Å². The lowest BCUT2D eigenvalue weighted by molar-refractivity contribution is -0.159. The molecule has 0 aromatic heterocycles. The molecule has 0 amide bonds. The first-order valence-electron chi connectivity index (χ1n) is 11.2. The molecule has 4 rings (SSSR count). The molecule has 0 bridgehead atoms. The molecule has 8 atom stereocenters. The second kappa shape index (κ2) is 8.73. The predicted octanol–water partition coefficient (Wildman–Crippen LogP) is 2.16. The van der Waals surface area contributed by atoms with Crippen LogP contribution in [0.3, 0.4) is 0 Å². The Labute approximate surface area is 177 Å². The number of rotatable bonds is 13. The first-order valence-corrected chi connectivity index (χ1v) is 11.2. The van der Waals surface area contributed by atoms with Crippen molar-refractivity contribution in [3.05, 3.63) is 0 Å². The average Bonchev–Trinajstić information content (AvgIpc) is 3.57. The Morgan fingerprint density at radius 1 is 0.733 bits per heavy atom. The van der Waals surface area contributed by atoms with E-state index in [1.165, 1.54) is 0 Å². The van der Waals surface area contributed by atoms with Gasteiger partial charge < -0.3 is 28.4 Å². The van der Waals surface area contributed by atoms with Gasteiger partial charge in [-0.3, -0.25) is 9.59 Å². The van der Waals surface area contributed by atoms with Gasteiger partial charge in [0.25, 0.3) is 0 Å². The van der Waals surface area contributed by atoms with Crippen molar-refractivity contribution in [1.82, 2.24) is 0 Å². The first kappa shape index (κ1) is 22.0. The zero-order valence-corrected chi connectivity index (χ0v) is 18.3. The molecular weight excluding hydrogens is 392 g/mol. The van der Waals surface area contributed by atoms with Crippen LogP contribution in [0.25, 0.3) is 0 Å². The van der Waals surface area contributed by atoms with E-state index in [4.69, 9.17) is 28.4 Å². The fraction of sp³-hybridized carbons (Fsp3) is 0.909. The zero-order valence-electron chi connectivity index (χ0n) is 18.3. The van der Waals surface area contributed by atoms with Gasteiger partial charge >= 0.3 is 11.9 Å². The molecule has 0 N–H and O–H groups in total. The van der Waals surface area contributed by atoms with E-state index in [1.807, 2.05) is 27.7 Å². The minimum Gasteiger partial charge on any atom is -0.463 e. The number of epoxide rings is 4. The van der Waals surface area contributed by atoms with Crippen LogP contribution in [0.2, 0.25) is 0 Å². The summed E-state index contributed by atoms with van der Waals surface area (Å²) in [7, 11) is 0. The van der Waals surface area contributed by atoms with Gasteiger partial charge in [0, 0.05) is 6.42 Å². The first-order chi connectivity index (χ1) is 14.3. The summed E-state index contributed by atoms with van der Waals surface area (Å²) in [6.07, 6.45) is 3.22. The van der Waals surface area contributed by atoms with E-state index >= 15 is 0 Å². The lowest BCUT2D eigenvalue weighted by atomic mass is 9.74. The maximum atomic E-state index is 13.3. The van der Waals surface area contributed by atoms with Crippen LogP contribution < -0.4 is 0 Å². The van der Waals surface area contributed by atoms with Gasteiger partial charge in [0.1, 0.15) is 25.4 Å². The highest BCUT2D eigenvalue weighted by Gasteiger charge is 2.53. The summed E-state index contributed by atoms with van der Waals surface area (Å²) in [6.45, 7) is 8.50. The summed E-state index contributed by atoms with van der Waals surface area (Å²) in [4.78, 5) is 25.4. The van der Waals surface area contributed by atoms with Gasteiger partial charge in [0.15, 0.2) is 0 Å². The molecule has 4 fully saturated rings. The fourth-order valence-electron chi connectivity index (χ4n) is 4.15. The average molecular weight is 427 g/mol. The third kappa shape index (κ3) is 5.72. The standard InChI is InChI=1S/C22H34O8/c1-12-16(27-12)8-22(9-17-13(2)28-17,21(24)26-11-19-15(4)30-19)7-5-6-20(23)25-10-18-14(3)29-18/h12-19H,5-11H2,1-4H3.